The van der Waals surface area contributed by atoms with Crippen LogP contribution in [-0.4, -0.2) is 55.4 Å². The second-order valence-corrected chi connectivity index (χ2v) is 3.71. The van der Waals surface area contributed by atoms with Crippen molar-refractivity contribution in [3.63, 3.8) is 0 Å². The Bertz CT molecular complexity index is 190. The minimum atomic E-state index is -0.164. The van der Waals surface area contributed by atoms with Gasteiger partial charge in [-0.1, -0.05) is 0 Å². The van der Waals surface area contributed by atoms with Crippen molar-refractivity contribution in [3.8, 4) is 0 Å². The predicted molar refractivity (Wildman–Crippen MR) is 61.6 cm³/mol. The monoisotopic (exact) mass is 233 g/mol. The van der Waals surface area contributed by atoms with Crippen molar-refractivity contribution in [2.24, 2.45) is 5.84 Å². The highest BCUT2D eigenvalue weighted by molar-refractivity contribution is 5.75. The summed E-state index contributed by atoms with van der Waals surface area (Å²) >= 11 is 0. The molecular formula is C10H23N3O3. The third-order valence-electron chi connectivity index (χ3n) is 2.54. The van der Waals surface area contributed by atoms with Crippen LogP contribution in [0.1, 0.15) is 19.8 Å². The van der Waals surface area contributed by atoms with Crippen molar-refractivity contribution in [2.45, 2.75) is 25.8 Å². The van der Waals surface area contributed by atoms with Crippen molar-refractivity contribution < 1.29 is 14.6 Å². The molecule has 96 valence electrons. The number of rotatable bonds is 9. The van der Waals surface area contributed by atoms with E-state index in [0.29, 0.717) is 26.0 Å². The fourth-order valence-corrected chi connectivity index (χ4v) is 1.48. The molecule has 6 nitrogen and oxygen atoms in total. The van der Waals surface area contributed by atoms with Crippen LogP contribution in [0.4, 0.5) is 0 Å². The average molecular weight is 233 g/mol. The SMILES string of the molecule is COCCN(CCO)C(C)CCC(=O)NN. The van der Waals surface area contributed by atoms with Crippen molar-refractivity contribution in [2.75, 3.05) is 33.4 Å². The first-order valence-corrected chi connectivity index (χ1v) is 5.49. The Balaban J connectivity index is 3.94. The van der Waals surface area contributed by atoms with E-state index in [0.717, 1.165) is 6.54 Å². The van der Waals surface area contributed by atoms with Gasteiger partial charge < -0.3 is 9.84 Å². The fraction of sp³-hybridized carbons (Fsp3) is 0.900. The number of nitrogens with zero attached hydrogens (tertiary/aromatic N) is 1. The van der Waals surface area contributed by atoms with E-state index in [2.05, 4.69) is 10.3 Å². The molecule has 0 aromatic carbocycles. The Kier molecular flexibility index (Phi) is 9.12. The zero-order chi connectivity index (χ0) is 12.4. The van der Waals surface area contributed by atoms with Crippen LogP contribution in [0.5, 0.6) is 0 Å². The van der Waals surface area contributed by atoms with Crippen LogP contribution in [0.25, 0.3) is 0 Å². The fourth-order valence-electron chi connectivity index (χ4n) is 1.48. The zero-order valence-corrected chi connectivity index (χ0v) is 10.1. The Morgan fingerprint density at radius 3 is 2.75 bits per heavy atom. The van der Waals surface area contributed by atoms with Gasteiger partial charge in [-0.2, -0.15) is 0 Å². The smallest absolute Gasteiger partial charge is 0.233 e. The van der Waals surface area contributed by atoms with Gasteiger partial charge in [0, 0.05) is 32.7 Å². The molecule has 0 aliphatic heterocycles. The third-order valence-corrected chi connectivity index (χ3v) is 2.54. The minimum Gasteiger partial charge on any atom is -0.395 e. The molecule has 0 aromatic rings. The maximum atomic E-state index is 11.0. The lowest BCUT2D eigenvalue weighted by Crippen LogP contribution is -2.39. The highest BCUT2D eigenvalue weighted by atomic mass is 16.5. The van der Waals surface area contributed by atoms with E-state index < -0.39 is 0 Å². The molecule has 0 heterocycles. The number of methoxy groups -OCH3 is 1. The number of aliphatic hydroxyl groups is 1. The number of hydrogen-bond donors (Lipinski definition) is 3. The van der Waals surface area contributed by atoms with Crippen molar-refractivity contribution in [3.05, 3.63) is 0 Å². The first kappa shape index (κ1) is 15.3. The first-order valence-electron chi connectivity index (χ1n) is 5.49. The van der Waals surface area contributed by atoms with Crippen molar-refractivity contribution in [1.29, 1.82) is 0 Å². The molecule has 0 aliphatic rings. The lowest BCUT2D eigenvalue weighted by Gasteiger charge is -2.27. The van der Waals surface area contributed by atoms with Crippen LogP contribution < -0.4 is 11.3 Å². The summed E-state index contributed by atoms with van der Waals surface area (Å²) < 4.78 is 4.99. The molecule has 1 unspecified atom stereocenters. The van der Waals surface area contributed by atoms with E-state index in [4.69, 9.17) is 15.7 Å². The number of aliphatic hydroxyl groups excluding tert-OH is 1. The Morgan fingerprint density at radius 1 is 1.56 bits per heavy atom. The van der Waals surface area contributed by atoms with E-state index in [-0.39, 0.29) is 18.6 Å². The van der Waals surface area contributed by atoms with E-state index in [1.54, 1.807) is 7.11 Å². The molecule has 0 fully saturated rings. The topological polar surface area (TPSA) is 87.8 Å². The number of hydrogen-bond acceptors (Lipinski definition) is 5. The molecule has 1 atom stereocenters. The molecule has 1 amide bonds. The summed E-state index contributed by atoms with van der Waals surface area (Å²) in [4.78, 5) is 13.1. The van der Waals surface area contributed by atoms with Gasteiger partial charge in [0.1, 0.15) is 0 Å². The lowest BCUT2D eigenvalue weighted by atomic mass is 10.1. The van der Waals surface area contributed by atoms with Gasteiger partial charge in [0.2, 0.25) is 5.91 Å². The second-order valence-electron chi connectivity index (χ2n) is 3.71. The molecule has 0 aliphatic carbocycles. The first-order chi connectivity index (χ1) is 7.65. The maximum Gasteiger partial charge on any atom is 0.233 e. The average Bonchev–Trinajstić information content (AvgIpc) is 2.30. The molecule has 0 saturated carbocycles. The van der Waals surface area contributed by atoms with Crippen molar-refractivity contribution in [1.82, 2.24) is 10.3 Å². The standard InChI is InChI=1S/C10H23N3O3/c1-9(3-4-10(15)12-11)13(5-7-14)6-8-16-2/h9,14H,3-8,11H2,1-2H3,(H,12,15). The van der Waals surface area contributed by atoms with Gasteiger partial charge in [0.15, 0.2) is 0 Å². The molecule has 0 rings (SSSR count). The van der Waals surface area contributed by atoms with Crippen LogP contribution >= 0.6 is 0 Å². The highest BCUT2D eigenvalue weighted by Gasteiger charge is 2.14. The summed E-state index contributed by atoms with van der Waals surface area (Å²) in [6.07, 6.45) is 1.11. The Labute approximate surface area is 96.7 Å². The normalized spacial score (nSPS) is 12.8. The minimum absolute atomic E-state index is 0.108. The summed E-state index contributed by atoms with van der Waals surface area (Å²) in [6, 6.07) is 0.222. The molecule has 0 spiro atoms. The van der Waals surface area contributed by atoms with Crippen molar-refractivity contribution >= 4 is 5.91 Å². The van der Waals surface area contributed by atoms with Crippen LogP contribution in [0, 0.1) is 0 Å². The molecule has 6 heteroatoms. The number of hydrazine groups is 1. The van der Waals surface area contributed by atoms with Gasteiger partial charge in [0.25, 0.3) is 0 Å². The second kappa shape index (κ2) is 9.53. The molecular weight excluding hydrogens is 210 g/mol. The summed E-state index contributed by atoms with van der Waals surface area (Å²) in [7, 11) is 1.64. The summed E-state index contributed by atoms with van der Waals surface area (Å²) in [5.74, 6) is 4.84. The number of ether oxygens (including phenoxy) is 1. The van der Waals surface area contributed by atoms with E-state index in [1.807, 2.05) is 6.92 Å². The van der Waals surface area contributed by atoms with Crippen LogP contribution in [-0.2, 0) is 9.53 Å². The summed E-state index contributed by atoms with van der Waals surface area (Å²) in [5, 5.41) is 8.93. The van der Waals surface area contributed by atoms with Crippen LogP contribution in [0.2, 0.25) is 0 Å². The number of carbonyl (C=O) groups excluding carboxylic acids is 1. The van der Waals surface area contributed by atoms with Crippen LogP contribution in [0.3, 0.4) is 0 Å². The number of nitrogens with two attached hydrogens (primary N) is 1. The van der Waals surface area contributed by atoms with Gasteiger partial charge >= 0.3 is 0 Å². The molecule has 4 N–H and O–H groups in total. The molecule has 0 radical (unpaired) electrons. The predicted octanol–water partition coefficient (Wildman–Crippen LogP) is -0.914. The Morgan fingerprint density at radius 2 is 2.25 bits per heavy atom. The van der Waals surface area contributed by atoms with Gasteiger partial charge in [-0.3, -0.25) is 15.1 Å². The third kappa shape index (κ3) is 6.73. The maximum absolute atomic E-state index is 11.0. The lowest BCUT2D eigenvalue weighted by molar-refractivity contribution is -0.121. The van der Waals surface area contributed by atoms with E-state index in [9.17, 15) is 4.79 Å². The number of amides is 1. The van der Waals surface area contributed by atoms with E-state index in [1.165, 1.54) is 0 Å². The van der Waals surface area contributed by atoms with Gasteiger partial charge in [-0.05, 0) is 13.3 Å². The summed E-state index contributed by atoms with van der Waals surface area (Å²) in [5.41, 5.74) is 2.10. The number of carbonyl (C=O) groups is 1. The zero-order valence-electron chi connectivity index (χ0n) is 10.1. The van der Waals surface area contributed by atoms with Gasteiger partial charge in [0.05, 0.1) is 13.2 Å². The van der Waals surface area contributed by atoms with Gasteiger partial charge in [-0.25, -0.2) is 5.84 Å². The molecule has 16 heavy (non-hydrogen) atoms. The Hall–Kier alpha value is -0.690. The molecule has 0 aromatic heterocycles. The molecule has 0 bridgehead atoms. The van der Waals surface area contributed by atoms with Gasteiger partial charge in [-0.15, -0.1) is 0 Å². The molecule has 0 saturated heterocycles. The summed E-state index contributed by atoms with van der Waals surface area (Å²) in [6.45, 7) is 4.09. The van der Waals surface area contributed by atoms with Crippen LogP contribution in [0.15, 0.2) is 0 Å². The largest absolute Gasteiger partial charge is 0.395 e. The van der Waals surface area contributed by atoms with E-state index >= 15 is 0 Å². The highest BCUT2D eigenvalue weighted by Crippen LogP contribution is 2.06. The number of nitrogens with one attached hydrogen (secondary N) is 1. The quantitative estimate of drug-likeness (QED) is 0.272.